The Bertz CT molecular complexity index is 661. The third kappa shape index (κ3) is 7.88. The third-order valence-corrected chi connectivity index (χ3v) is 7.57. The van der Waals surface area contributed by atoms with E-state index in [9.17, 15) is 4.79 Å². The Labute approximate surface area is 206 Å². The number of nitrogens with two attached hydrogens (primary N) is 1. The van der Waals surface area contributed by atoms with Crippen LogP contribution in [0.3, 0.4) is 0 Å². The number of halogens is 2. The van der Waals surface area contributed by atoms with Gasteiger partial charge in [-0.25, -0.2) is 0 Å². The van der Waals surface area contributed by atoms with Crippen molar-refractivity contribution in [3.63, 3.8) is 0 Å². The lowest BCUT2D eigenvalue weighted by molar-refractivity contribution is -0.128. The van der Waals surface area contributed by atoms with Gasteiger partial charge in [0.05, 0.1) is 5.92 Å². The second-order valence-electron chi connectivity index (χ2n) is 9.76. The fraction of sp³-hybridized carbons (Fsp3) is 0.720. The van der Waals surface area contributed by atoms with Crippen LogP contribution < -0.4 is 11.1 Å². The number of nitrogens with zero attached hydrogens (tertiary/aromatic N) is 2. The van der Waals surface area contributed by atoms with Crippen LogP contribution in [-0.2, 0) is 11.2 Å². The molecular formula is C25H42Cl2N4O. The van der Waals surface area contributed by atoms with E-state index < -0.39 is 0 Å². The van der Waals surface area contributed by atoms with Crippen molar-refractivity contribution in [2.45, 2.75) is 75.9 Å². The molecule has 7 heteroatoms. The molecule has 32 heavy (non-hydrogen) atoms. The standard InChI is InChI=1S/C25H40N4O.2ClH/c26-22-8-10-23(11-9-22)27-25(30)21-7-4-15-29(19-21)24-13-17-28(18-14-24)16-12-20-5-2-1-3-6-20;;/h1-3,5-6,21-24H,4,7-19,26H2,(H,27,30);2*1H. The summed E-state index contributed by atoms with van der Waals surface area (Å²) in [6.07, 6.45) is 10.0. The summed E-state index contributed by atoms with van der Waals surface area (Å²) < 4.78 is 0. The predicted molar refractivity (Wildman–Crippen MR) is 137 cm³/mol. The van der Waals surface area contributed by atoms with Crippen molar-refractivity contribution in [1.82, 2.24) is 15.1 Å². The van der Waals surface area contributed by atoms with E-state index in [-0.39, 0.29) is 30.7 Å². The van der Waals surface area contributed by atoms with E-state index in [4.69, 9.17) is 5.73 Å². The Morgan fingerprint density at radius 2 is 1.62 bits per heavy atom. The summed E-state index contributed by atoms with van der Waals surface area (Å²) in [6.45, 7) is 5.65. The number of rotatable bonds is 6. The molecule has 1 unspecified atom stereocenters. The van der Waals surface area contributed by atoms with Gasteiger partial charge in [-0.1, -0.05) is 30.3 Å². The molecular weight excluding hydrogens is 443 g/mol. The SMILES string of the molecule is Cl.Cl.NC1CCC(NC(=O)C2CCCN(C3CCN(CCc4ccccc4)CC3)C2)CC1. The smallest absolute Gasteiger partial charge is 0.224 e. The molecule has 0 aromatic heterocycles. The topological polar surface area (TPSA) is 61.6 Å². The number of carbonyl (C=O) groups is 1. The molecule has 2 saturated heterocycles. The van der Waals surface area contributed by atoms with E-state index in [1.54, 1.807) is 0 Å². The van der Waals surface area contributed by atoms with Crippen molar-refractivity contribution in [3.8, 4) is 0 Å². The maximum atomic E-state index is 12.9. The van der Waals surface area contributed by atoms with Gasteiger partial charge in [0.15, 0.2) is 0 Å². The molecule has 3 N–H and O–H groups in total. The second kappa shape index (κ2) is 13.8. The fourth-order valence-electron chi connectivity index (χ4n) is 5.57. The van der Waals surface area contributed by atoms with Gasteiger partial charge in [0.2, 0.25) is 5.91 Å². The van der Waals surface area contributed by atoms with Crippen LogP contribution in [0.4, 0.5) is 0 Å². The molecule has 0 bridgehead atoms. The molecule has 5 nitrogen and oxygen atoms in total. The van der Waals surface area contributed by atoms with Gasteiger partial charge in [0.1, 0.15) is 0 Å². The molecule has 4 rings (SSSR count). The molecule has 1 aromatic rings. The minimum atomic E-state index is 0. The van der Waals surface area contributed by atoms with E-state index in [1.165, 1.54) is 31.5 Å². The van der Waals surface area contributed by atoms with Gasteiger partial charge in [0, 0.05) is 31.2 Å². The minimum absolute atomic E-state index is 0. The van der Waals surface area contributed by atoms with Crippen LogP contribution in [-0.4, -0.2) is 66.6 Å². The fourth-order valence-corrected chi connectivity index (χ4v) is 5.57. The Morgan fingerprint density at radius 3 is 2.31 bits per heavy atom. The zero-order valence-electron chi connectivity index (χ0n) is 19.3. The molecule has 2 aliphatic heterocycles. The van der Waals surface area contributed by atoms with Crippen molar-refractivity contribution in [3.05, 3.63) is 35.9 Å². The molecule has 1 saturated carbocycles. The molecule has 0 radical (unpaired) electrons. The number of hydrogen-bond acceptors (Lipinski definition) is 4. The number of hydrogen-bond donors (Lipinski definition) is 2. The highest BCUT2D eigenvalue weighted by Gasteiger charge is 2.32. The van der Waals surface area contributed by atoms with Gasteiger partial charge in [-0.05, 0) is 83.0 Å². The van der Waals surface area contributed by atoms with Crippen LogP contribution >= 0.6 is 24.8 Å². The summed E-state index contributed by atoms with van der Waals surface area (Å²) in [5.74, 6) is 0.464. The monoisotopic (exact) mass is 484 g/mol. The van der Waals surface area contributed by atoms with Crippen LogP contribution in [0.5, 0.6) is 0 Å². The van der Waals surface area contributed by atoms with Crippen molar-refractivity contribution in [2.75, 3.05) is 32.7 Å². The molecule has 3 fully saturated rings. The summed E-state index contributed by atoms with van der Waals surface area (Å²) in [5, 5.41) is 3.34. The first-order chi connectivity index (χ1) is 14.7. The number of amides is 1. The number of nitrogens with one attached hydrogen (secondary N) is 1. The minimum Gasteiger partial charge on any atom is -0.353 e. The molecule has 1 aromatic carbocycles. The Morgan fingerprint density at radius 1 is 0.938 bits per heavy atom. The first-order valence-corrected chi connectivity index (χ1v) is 12.2. The van der Waals surface area contributed by atoms with E-state index in [1.807, 2.05) is 0 Å². The third-order valence-electron chi connectivity index (χ3n) is 7.57. The maximum absolute atomic E-state index is 12.9. The largest absolute Gasteiger partial charge is 0.353 e. The zero-order chi connectivity index (χ0) is 20.8. The van der Waals surface area contributed by atoms with E-state index in [2.05, 4.69) is 45.4 Å². The van der Waals surface area contributed by atoms with Crippen LogP contribution in [0.15, 0.2) is 30.3 Å². The summed E-state index contributed by atoms with van der Waals surface area (Å²) in [4.78, 5) is 18.1. The van der Waals surface area contributed by atoms with Crippen molar-refractivity contribution >= 4 is 30.7 Å². The normalized spacial score (nSPS) is 27.7. The zero-order valence-corrected chi connectivity index (χ0v) is 20.9. The highest BCUT2D eigenvalue weighted by atomic mass is 35.5. The second-order valence-corrected chi connectivity index (χ2v) is 9.76. The van der Waals surface area contributed by atoms with Crippen molar-refractivity contribution in [1.29, 1.82) is 0 Å². The Hall–Kier alpha value is -0.850. The van der Waals surface area contributed by atoms with Crippen molar-refractivity contribution < 1.29 is 4.79 Å². The lowest BCUT2D eigenvalue weighted by Gasteiger charge is -2.42. The molecule has 1 amide bonds. The predicted octanol–water partition coefficient (Wildman–Crippen LogP) is 3.64. The Balaban J connectivity index is 0.00000181. The molecule has 2 heterocycles. The number of piperidine rings is 2. The summed E-state index contributed by atoms with van der Waals surface area (Å²) in [5.41, 5.74) is 7.44. The van der Waals surface area contributed by atoms with E-state index >= 15 is 0 Å². The van der Waals surface area contributed by atoms with E-state index in [0.29, 0.717) is 24.0 Å². The maximum Gasteiger partial charge on any atom is 0.224 e. The first kappa shape index (κ1) is 27.4. The first-order valence-electron chi connectivity index (χ1n) is 12.2. The molecule has 1 atom stereocenters. The lowest BCUT2D eigenvalue weighted by Crippen LogP contribution is -2.52. The average Bonchev–Trinajstić information content (AvgIpc) is 2.80. The van der Waals surface area contributed by atoms with Gasteiger partial charge in [-0.2, -0.15) is 0 Å². The van der Waals surface area contributed by atoms with Crippen molar-refractivity contribution in [2.24, 2.45) is 11.7 Å². The van der Waals surface area contributed by atoms with Gasteiger partial charge in [-0.3, -0.25) is 9.69 Å². The van der Waals surface area contributed by atoms with Crippen LogP contribution in [0.2, 0.25) is 0 Å². The number of benzene rings is 1. The molecule has 3 aliphatic rings. The van der Waals surface area contributed by atoms with Gasteiger partial charge >= 0.3 is 0 Å². The summed E-state index contributed by atoms with van der Waals surface area (Å²) >= 11 is 0. The van der Waals surface area contributed by atoms with Crippen LogP contribution in [0.1, 0.15) is 56.9 Å². The molecule has 1 aliphatic carbocycles. The quantitative estimate of drug-likeness (QED) is 0.646. The Kier molecular flexibility index (Phi) is 11.8. The van der Waals surface area contributed by atoms with E-state index in [0.717, 1.165) is 64.6 Å². The van der Waals surface area contributed by atoms with Crippen LogP contribution in [0.25, 0.3) is 0 Å². The lowest BCUT2D eigenvalue weighted by atomic mass is 9.90. The van der Waals surface area contributed by atoms with Gasteiger partial charge < -0.3 is 16.0 Å². The summed E-state index contributed by atoms with van der Waals surface area (Å²) in [6, 6.07) is 12.2. The molecule has 182 valence electrons. The number of carbonyl (C=O) groups excluding carboxylic acids is 1. The summed E-state index contributed by atoms with van der Waals surface area (Å²) in [7, 11) is 0. The number of likely N-dealkylation sites (tertiary alicyclic amines) is 2. The van der Waals surface area contributed by atoms with Gasteiger partial charge in [0.25, 0.3) is 0 Å². The molecule has 0 spiro atoms. The van der Waals surface area contributed by atoms with Crippen LogP contribution in [0, 0.1) is 5.92 Å². The van der Waals surface area contributed by atoms with Gasteiger partial charge in [-0.15, -0.1) is 24.8 Å². The highest BCUT2D eigenvalue weighted by molar-refractivity contribution is 5.85. The highest BCUT2D eigenvalue weighted by Crippen LogP contribution is 2.25. The average molecular weight is 486 g/mol.